The second-order valence-electron chi connectivity index (χ2n) is 5.07. The van der Waals surface area contributed by atoms with Crippen molar-refractivity contribution in [2.24, 2.45) is 0 Å². The molecular formula is C12H19F3N2O3. The summed E-state index contributed by atoms with van der Waals surface area (Å²) in [5.74, 6) is 0. The van der Waals surface area contributed by atoms with Crippen molar-refractivity contribution >= 4 is 6.09 Å². The molecule has 2 saturated heterocycles. The quantitative estimate of drug-likeness (QED) is 0.791. The molecule has 20 heavy (non-hydrogen) atoms. The van der Waals surface area contributed by atoms with E-state index >= 15 is 0 Å². The zero-order valence-electron chi connectivity index (χ0n) is 11.2. The highest BCUT2D eigenvalue weighted by Gasteiger charge is 2.35. The van der Waals surface area contributed by atoms with Crippen molar-refractivity contribution in [2.75, 3.05) is 46.0 Å². The molecular weight excluding hydrogens is 277 g/mol. The lowest BCUT2D eigenvalue weighted by atomic mass is 10.2. The van der Waals surface area contributed by atoms with Gasteiger partial charge < -0.3 is 14.4 Å². The highest BCUT2D eigenvalue weighted by molar-refractivity contribution is 5.68. The van der Waals surface area contributed by atoms with E-state index < -0.39 is 18.9 Å². The molecule has 0 aromatic carbocycles. The molecule has 8 heteroatoms. The van der Waals surface area contributed by atoms with Crippen LogP contribution in [0.1, 0.15) is 12.8 Å². The number of morpholine rings is 1. The van der Waals surface area contributed by atoms with Crippen LogP contribution in [0.2, 0.25) is 0 Å². The number of alkyl halides is 3. The molecule has 2 heterocycles. The van der Waals surface area contributed by atoms with E-state index in [-0.39, 0.29) is 6.04 Å². The Morgan fingerprint density at radius 3 is 2.60 bits per heavy atom. The van der Waals surface area contributed by atoms with Crippen LogP contribution in [0.25, 0.3) is 0 Å². The van der Waals surface area contributed by atoms with E-state index in [2.05, 4.69) is 9.64 Å². The number of carbonyl (C=O) groups is 1. The van der Waals surface area contributed by atoms with E-state index in [0.717, 1.165) is 25.9 Å². The Bertz CT molecular complexity index is 332. The fraction of sp³-hybridized carbons (Fsp3) is 0.917. The largest absolute Gasteiger partial charge is 0.440 e. The zero-order valence-corrected chi connectivity index (χ0v) is 11.2. The first-order valence-electron chi connectivity index (χ1n) is 6.76. The van der Waals surface area contributed by atoms with E-state index in [1.165, 1.54) is 4.90 Å². The number of hydrogen-bond donors (Lipinski definition) is 0. The molecule has 0 aromatic heterocycles. The fourth-order valence-electron chi connectivity index (χ4n) is 2.57. The van der Waals surface area contributed by atoms with Gasteiger partial charge in [0.05, 0.1) is 13.2 Å². The first-order chi connectivity index (χ1) is 9.46. The van der Waals surface area contributed by atoms with Crippen molar-refractivity contribution in [2.45, 2.75) is 25.1 Å². The third kappa shape index (κ3) is 4.52. The maximum atomic E-state index is 12.1. The standard InChI is InChI=1S/C12H19F3N2O3/c13-12(14,15)9-20-11(18)17-3-1-2-10(17)8-16-4-6-19-7-5-16/h10H,1-9H2/t10-/m1/s1. The Hall–Kier alpha value is -1.02. The number of carbonyl (C=O) groups excluding carboxylic acids is 1. The van der Waals surface area contributed by atoms with Crippen molar-refractivity contribution < 1.29 is 27.4 Å². The van der Waals surface area contributed by atoms with Gasteiger partial charge in [0, 0.05) is 32.2 Å². The Labute approximate surface area is 115 Å². The normalized spacial score (nSPS) is 24.9. The van der Waals surface area contributed by atoms with Crippen LogP contribution in [0.4, 0.5) is 18.0 Å². The number of halogens is 3. The molecule has 0 radical (unpaired) electrons. The highest BCUT2D eigenvalue weighted by Crippen LogP contribution is 2.21. The molecule has 0 bridgehead atoms. The Morgan fingerprint density at radius 1 is 1.25 bits per heavy atom. The summed E-state index contributed by atoms with van der Waals surface area (Å²) in [4.78, 5) is 15.3. The average molecular weight is 296 g/mol. The molecule has 2 rings (SSSR count). The van der Waals surface area contributed by atoms with Gasteiger partial charge in [0.15, 0.2) is 6.61 Å². The van der Waals surface area contributed by atoms with Gasteiger partial charge in [-0.1, -0.05) is 0 Å². The number of nitrogens with zero attached hydrogens (tertiary/aromatic N) is 2. The number of rotatable bonds is 3. The van der Waals surface area contributed by atoms with Crippen LogP contribution in [-0.2, 0) is 9.47 Å². The monoisotopic (exact) mass is 296 g/mol. The molecule has 116 valence electrons. The molecule has 0 N–H and O–H groups in total. The summed E-state index contributed by atoms with van der Waals surface area (Å²) in [7, 11) is 0. The van der Waals surface area contributed by atoms with Crippen LogP contribution < -0.4 is 0 Å². The first-order valence-corrected chi connectivity index (χ1v) is 6.76. The summed E-state index contributed by atoms with van der Waals surface area (Å²) in [6, 6.07) is -0.0613. The SMILES string of the molecule is O=C(OCC(F)(F)F)N1CCC[C@@H]1CN1CCOCC1. The third-order valence-corrected chi connectivity index (χ3v) is 3.54. The maximum absolute atomic E-state index is 12.1. The Kier molecular flexibility index (Phi) is 5.09. The predicted molar refractivity (Wildman–Crippen MR) is 64.4 cm³/mol. The minimum atomic E-state index is -4.48. The van der Waals surface area contributed by atoms with Gasteiger partial charge in [-0.3, -0.25) is 4.90 Å². The van der Waals surface area contributed by atoms with E-state index in [4.69, 9.17) is 4.74 Å². The summed E-state index contributed by atoms with van der Waals surface area (Å²) in [6.07, 6.45) is -3.73. The molecule has 2 aliphatic heterocycles. The summed E-state index contributed by atoms with van der Waals surface area (Å²) in [5, 5.41) is 0. The van der Waals surface area contributed by atoms with Gasteiger partial charge >= 0.3 is 12.3 Å². The second kappa shape index (κ2) is 6.62. The average Bonchev–Trinajstić information content (AvgIpc) is 2.84. The lowest BCUT2D eigenvalue weighted by molar-refractivity contribution is -0.162. The van der Waals surface area contributed by atoms with Gasteiger partial charge in [-0.05, 0) is 12.8 Å². The third-order valence-electron chi connectivity index (χ3n) is 3.54. The van der Waals surface area contributed by atoms with Crippen molar-refractivity contribution in [3.63, 3.8) is 0 Å². The van der Waals surface area contributed by atoms with E-state index in [0.29, 0.717) is 26.3 Å². The molecule has 0 spiro atoms. The molecule has 2 fully saturated rings. The van der Waals surface area contributed by atoms with Crippen molar-refractivity contribution in [1.29, 1.82) is 0 Å². The van der Waals surface area contributed by atoms with Crippen LogP contribution in [0.5, 0.6) is 0 Å². The van der Waals surface area contributed by atoms with Gasteiger partial charge in [-0.2, -0.15) is 13.2 Å². The lowest BCUT2D eigenvalue weighted by Crippen LogP contribution is -2.47. The van der Waals surface area contributed by atoms with Crippen LogP contribution in [-0.4, -0.2) is 74.1 Å². The fourth-order valence-corrected chi connectivity index (χ4v) is 2.57. The summed E-state index contributed by atoms with van der Waals surface area (Å²) in [6.45, 7) is 2.52. The molecule has 1 amide bonds. The van der Waals surface area contributed by atoms with Crippen LogP contribution in [0.15, 0.2) is 0 Å². The first kappa shape index (κ1) is 15.4. The number of hydrogen-bond acceptors (Lipinski definition) is 4. The molecule has 1 atom stereocenters. The number of amides is 1. The molecule has 0 aliphatic carbocycles. The minimum Gasteiger partial charge on any atom is -0.440 e. The summed E-state index contributed by atoms with van der Waals surface area (Å²) < 4.78 is 45.7. The van der Waals surface area contributed by atoms with Crippen LogP contribution >= 0.6 is 0 Å². The minimum absolute atomic E-state index is 0.0613. The van der Waals surface area contributed by atoms with Crippen molar-refractivity contribution in [1.82, 2.24) is 9.80 Å². The Morgan fingerprint density at radius 2 is 1.95 bits per heavy atom. The summed E-state index contributed by atoms with van der Waals surface area (Å²) in [5.41, 5.74) is 0. The molecule has 0 saturated carbocycles. The summed E-state index contributed by atoms with van der Waals surface area (Å²) >= 11 is 0. The van der Waals surface area contributed by atoms with E-state index in [9.17, 15) is 18.0 Å². The van der Waals surface area contributed by atoms with Gasteiger partial charge in [0.2, 0.25) is 0 Å². The van der Waals surface area contributed by atoms with E-state index in [1.54, 1.807) is 0 Å². The van der Waals surface area contributed by atoms with Crippen LogP contribution in [0.3, 0.4) is 0 Å². The number of likely N-dealkylation sites (tertiary alicyclic amines) is 1. The molecule has 2 aliphatic rings. The van der Waals surface area contributed by atoms with Crippen molar-refractivity contribution in [3.8, 4) is 0 Å². The topological polar surface area (TPSA) is 42.0 Å². The smallest absolute Gasteiger partial charge is 0.422 e. The van der Waals surface area contributed by atoms with E-state index in [1.807, 2.05) is 0 Å². The molecule has 0 unspecified atom stereocenters. The maximum Gasteiger partial charge on any atom is 0.422 e. The zero-order chi connectivity index (χ0) is 14.6. The highest BCUT2D eigenvalue weighted by atomic mass is 19.4. The second-order valence-corrected chi connectivity index (χ2v) is 5.07. The molecule has 0 aromatic rings. The van der Waals surface area contributed by atoms with Gasteiger partial charge in [0.1, 0.15) is 0 Å². The van der Waals surface area contributed by atoms with Crippen molar-refractivity contribution in [3.05, 3.63) is 0 Å². The van der Waals surface area contributed by atoms with Crippen LogP contribution in [0, 0.1) is 0 Å². The van der Waals surface area contributed by atoms with Gasteiger partial charge in [-0.15, -0.1) is 0 Å². The lowest BCUT2D eigenvalue weighted by Gasteiger charge is -2.32. The van der Waals surface area contributed by atoms with Gasteiger partial charge in [0.25, 0.3) is 0 Å². The Balaban J connectivity index is 1.81. The number of ether oxygens (including phenoxy) is 2. The predicted octanol–water partition coefficient (Wildman–Crippen LogP) is 1.48. The van der Waals surface area contributed by atoms with Gasteiger partial charge in [-0.25, -0.2) is 4.79 Å². The molecule has 5 nitrogen and oxygen atoms in total.